The van der Waals surface area contributed by atoms with Crippen molar-refractivity contribution in [3.05, 3.63) is 29.8 Å². The predicted molar refractivity (Wildman–Crippen MR) is 61.8 cm³/mol. The van der Waals surface area contributed by atoms with Gasteiger partial charge in [0.05, 0.1) is 17.3 Å². The van der Waals surface area contributed by atoms with Crippen molar-refractivity contribution in [1.29, 1.82) is 0 Å². The number of aromatic nitrogens is 1. The highest BCUT2D eigenvalue weighted by Crippen LogP contribution is 2.39. The zero-order chi connectivity index (χ0) is 12.5. The minimum atomic E-state index is -0.515. The summed E-state index contributed by atoms with van der Waals surface area (Å²) in [6.45, 7) is 2.31. The number of nitrogens with one attached hydrogen (secondary N) is 1. The summed E-state index contributed by atoms with van der Waals surface area (Å²) < 4.78 is 12.9. The van der Waals surface area contributed by atoms with Gasteiger partial charge >= 0.3 is 0 Å². The van der Waals surface area contributed by atoms with E-state index >= 15 is 0 Å². The predicted octanol–water partition coefficient (Wildman–Crippen LogP) is 1.08. The molecular formula is C12H16FN3O. The monoisotopic (exact) mass is 237 g/mol. The van der Waals surface area contributed by atoms with Crippen LogP contribution in [0.5, 0.6) is 0 Å². The molecule has 1 aliphatic rings. The Bertz CT molecular complexity index is 434. The second-order valence-electron chi connectivity index (χ2n) is 4.74. The van der Waals surface area contributed by atoms with Gasteiger partial charge in [-0.3, -0.25) is 9.78 Å². The van der Waals surface area contributed by atoms with Crippen LogP contribution in [0.15, 0.2) is 18.5 Å². The summed E-state index contributed by atoms with van der Waals surface area (Å²) in [5.41, 5.74) is 5.53. The standard InChI is InChI=1S/C12H16FN3O/c1-12(7-14,9-2-3-9)16-11(17)8-4-10(13)6-15-5-8/h4-6,9H,2-3,7,14H2,1H3,(H,16,17). The van der Waals surface area contributed by atoms with Gasteiger partial charge in [-0.05, 0) is 31.7 Å². The van der Waals surface area contributed by atoms with E-state index in [1.54, 1.807) is 0 Å². The Labute approximate surface area is 99.4 Å². The van der Waals surface area contributed by atoms with Crippen molar-refractivity contribution >= 4 is 5.91 Å². The third-order valence-corrected chi connectivity index (χ3v) is 3.27. The Balaban J connectivity index is 2.10. The number of pyridine rings is 1. The Morgan fingerprint density at radius 1 is 1.65 bits per heavy atom. The largest absolute Gasteiger partial charge is 0.345 e. The Morgan fingerprint density at radius 2 is 2.35 bits per heavy atom. The molecule has 1 unspecified atom stereocenters. The van der Waals surface area contributed by atoms with E-state index in [9.17, 15) is 9.18 Å². The van der Waals surface area contributed by atoms with E-state index in [0.717, 1.165) is 19.0 Å². The molecule has 1 aliphatic carbocycles. The molecule has 0 bridgehead atoms. The van der Waals surface area contributed by atoms with E-state index in [0.29, 0.717) is 12.5 Å². The van der Waals surface area contributed by atoms with Crippen LogP contribution in [0.3, 0.4) is 0 Å². The molecule has 1 atom stereocenters. The van der Waals surface area contributed by atoms with Gasteiger partial charge in [0.25, 0.3) is 5.91 Å². The molecule has 4 nitrogen and oxygen atoms in total. The fourth-order valence-corrected chi connectivity index (χ4v) is 1.91. The molecule has 1 amide bonds. The second-order valence-corrected chi connectivity index (χ2v) is 4.74. The van der Waals surface area contributed by atoms with E-state index in [-0.39, 0.29) is 11.5 Å². The number of nitrogens with two attached hydrogens (primary N) is 1. The number of hydrogen-bond donors (Lipinski definition) is 2. The van der Waals surface area contributed by atoms with Crippen molar-refractivity contribution < 1.29 is 9.18 Å². The molecule has 1 aromatic rings. The zero-order valence-corrected chi connectivity index (χ0v) is 9.74. The zero-order valence-electron chi connectivity index (χ0n) is 9.74. The van der Waals surface area contributed by atoms with Crippen molar-refractivity contribution in [1.82, 2.24) is 10.3 Å². The van der Waals surface area contributed by atoms with Crippen LogP contribution in [0.4, 0.5) is 4.39 Å². The summed E-state index contributed by atoms with van der Waals surface area (Å²) in [6, 6.07) is 1.17. The average Bonchev–Trinajstić information content (AvgIpc) is 3.13. The van der Waals surface area contributed by atoms with Gasteiger partial charge in [-0.2, -0.15) is 0 Å². The number of hydrogen-bond acceptors (Lipinski definition) is 3. The quantitative estimate of drug-likeness (QED) is 0.823. The Kier molecular flexibility index (Phi) is 3.11. The maximum atomic E-state index is 12.9. The summed E-state index contributed by atoms with van der Waals surface area (Å²) in [5, 5.41) is 2.88. The molecular weight excluding hydrogens is 221 g/mol. The molecule has 1 heterocycles. The Morgan fingerprint density at radius 3 is 2.88 bits per heavy atom. The van der Waals surface area contributed by atoms with Gasteiger partial charge in [-0.25, -0.2) is 4.39 Å². The third kappa shape index (κ3) is 2.61. The molecule has 0 radical (unpaired) electrons. The van der Waals surface area contributed by atoms with Crippen LogP contribution in [0.1, 0.15) is 30.1 Å². The number of carbonyl (C=O) groups excluding carboxylic acids is 1. The van der Waals surface area contributed by atoms with Crippen LogP contribution in [0.2, 0.25) is 0 Å². The van der Waals surface area contributed by atoms with Gasteiger partial charge in [0, 0.05) is 12.7 Å². The molecule has 1 aromatic heterocycles. The lowest BCUT2D eigenvalue weighted by Gasteiger charge is -2.29. The smallest absolute Gasteiger partial charge is 0.253 e. The first-order chi connectivity index (χ1) is 8.05. The SMILES string of the molecule is CC(CN)(NC(=O)c1cncc(F)c1)C1CC1. The lowest BCUT2D eigenvalue weighted by atomic mass is 9.95. The van der Waals surface area contributed by atoms with Crippen LogP contribution in [-0.2, 0) is 0 Å². The molecule has 1 fully saturated rings. The van der Waals surface area contributed by atoms with Gasteiger partial charge < -0.3 is 11.1 Å². The molecule has 0 saturated heterocycles. The molecule has 92 valence electrons. The number of amides is 1. The van der Waals surface area contributed by atoms with Gasteiger partial charge in [0.15, 0.2) is 0 Å². The average molecular weight is 237 g/mol. The number of nitrogens with zero attached hydrogens (tertiary/aromatic N) is 1. The maximum absolute atomic E-state index is 12.9. The molecule has 0 aliphatic heterocycles. The number of halogens is 1. The first kappa shape index (κ1) is 12.0. The normalized spacial score (nSPS) is 18.5. The molecule has 0 aromatic carbocycles. The van der Waals surface area contributed by atoms with Gasteiger partial charge in [0.2, 0.25) is 0 Å². The molecule has 0 spiro atoms. The van der Waals surface area contributed by atoms with Gasteiger partial charge in [0.1, 0.15) is 5.82 Å². The molecule has 17 heavy (non-hydrogen) atoms. The highest BCUT2D eigenvalue weighted by molar-refractivity contribution is 5.94. The first-order valence-electron chi connectivity index (χ1n) is 5.68. The molecule has 1 saturated carbocycles. The van der Waals surface area contributed by atoms with Crippen LogP contribution in [-0.4, -0.2) is 23.0 Å². The van der Waals surface area contributed by atoms with E-state index < -0.39 is 11.4 Å². The van der Waals surface area contributed by atoms with E-state index in [1.165, 1.54) is 12.3 Å². The van der Waals surface area contributed by atoms with Crippen LogP contribution >= 0.6 is 0 Å². The summed E-state index contributed by atoms with van der Waals surface area (Å²) in [7, 11) is 0. The van der Waals surface area contributed by atoms with Crippen LogP contribution in [0.25, 0.3) is 0 Å². The van der Waals surface area contributed by atoms with E-state index in [1.807, 2.05) is 6.92 Å². The van der Waals surface area contributed by atoms with Gasteiger partial charge in [-0.1, -0.05) is 0 Å². The highest BCUT2D eigenvalue weighted by Gasteiger charge is 2.41. The minimum Gasteiger partial charge on any atom is -0.345 e. The minimum absolute atomic E-state index is 0.227. The summed E-state index contributed by atoms with van der Waals surface area (Å²) >= 11 is 0. The van der Waals surface area contributed by atoms with Crippen LogP contribution < -0.4 is 11.1 Å². The maximum Gasteiger partial charge on any atom is 0.253 e. The van der Waals surface area contributed by atoms with Gasteiger partial charge in [-0.15, -0.1) is 0 Å². The number of carbonyl (C=O) groups is 1. The topological polar surface area (TPSA) is 68.0 Å². The lowest BCUT2D eigenvalue weighted by molar-refractivity contribution is 0.0897. The fourth-order valence-electron chi connectivity index (χ4n) is 1.91. The summed E-state index contributed by atoms with van der Waals surface area (Å²) in [4.78, 5) is 15.6. The summed E-state index contributed by atoms with van der Waals surface area (Å²) in [5.74, 6) is -0.409. The summed E-state index contributed by atoms with van der Waals surface area (Å²) in [6.07, 6.45) is 4.58. The van der Waals surface area contributed by atoms with Crippen molar-refractivity contribution in [2.75, 3.05) is 6.54 Å². The van der Waals surface area contributed by atoms with Crippen molar-refractivity contribution in [3.8, 4) is 0 Å². The van der Waals surface area contributed by atoms with Crippen molar-refractivity contribution in [2.45, 2.75) is 25.3 Å². The molecule has 3 N–H and O–H groups in total. The molecule has 5 heteroatoms. The third-order valence-electron chi connectivity index (χ3n) is 3.27. The second kappa shape index (κ2) is 4.41. The van der Waals surface area contributed by atoms with Crippen molar-refractivity contribution in [3.63, 3.8) is 0 Å². The highest BCUT2D eigenvalue weighted by atomic mass is 19.1. The van der Waals surface area contributed by atoms with Crippen molar-refractivity contribution in [2.24, 2.45) is 11.7 Å². The first-order valence-corrected chi connectivity index (χ1v) is 5.68. The Hall–Kier alpha value is -1.49. The lowest BCUT2D eigenvalue weighted by Crippen LogP contribution is -2.53. The number of rotatable bonds is 4. The van der Waals surface area contributed by atoms with E-state index in [4.69, 9.17) is 5.73 Å². The fraction of sp³-hybridized carbons (Fsp3) is 0.500. The molecule has 2 rings (SSSR count). The van der Waals surface area contributed by atoms with E-state index in [2.05, 4.69) is 10.3 Å². The van der Waals surface area contributed by atoms with Crippen LogP contribution in [0, 0.1) is 11.7 Å².